The molecule has 5 heterocycles. The molecule has 2 saturated heterocycles. The summed E-state index contributed by atoms with van der Waals surface area (Å²) in [5, 5.41) is 3.08. The molecule has 2 fully saturated rings. The lowest BCUT2D eigenvalue weighted by Crippen LogP contribution is -2.37. The number of halogens is 2. The SMILES string of the molecule is FC(F)c1nc2ccccc2n1-c1nc(Nc2cnc(OCCCN3CCOCC3)nc2)nc(N2CCOCC2)n1. The molecule has 13 nitrogen and oxygen atoms in total. The normalized spacial score (nSPS) is 16.4. The highest BCUT2D eigenvalue weighted by molar-refractivity contribution is 5.77. The summed E-state index contributed by atoms with van der Waals surface area (Å²) in [7, 11) is 0. The maximum Gasteiger partial charge on any atom is 0.316 e. The molecule has 216 valence electrons. The van der Waals surface area contributed by atoms with Gasteiger partial charge in [0.1, 0.15) is 0 Å². The number of ether oxygens (including phenoxy) is 3. The van der Waals surface area contributed by atoms with Crippen LogP contribution >= 0.6 is 0 Å². The van der Waals surface area contributed by atoms with Gasteiger partial charge < -0.3 is 24.4 Å². The smallest absolute Gasteiger partial charge is 0.316 e. The fourth-order valence-corrected chi connectivity index (χ4v) is 4.68. The van der Waals surface area contributed by atoms with Crippen LogP contribution in [0.2, 0.25) is 0 Å². The molecule has 2 aliphatic heterocycles. The van der Waals surface area contributed by atoms with Crippen molar-refractivity contribution in [3.63, 3.8) is 0 Å². The van der Waals surface area contributed by atoms with Crippen molar-refractivity contribution in [3.8, 4) is 12.0 Å². The van der Waals surface area contributed by atoms with Crippen LogP contribution in [0, 0.1) is 0 Å². The van der Waals surface area contributed by atoms with E-state index in [0.717, 1.165) is 39.3 Å². The number of benzene rings is 1. The molecule has 6 rings (SSSR count). The van der Waals surface area contributed by atoms with Gasteiger partial charge in [0.25, 0.3) is 6.43 Å². The van der Waals surface area contributed by atoms with Gasteiger partial charge in [0.2, 0.25) is 17.8 Å². The maximum absolute atomic E-state index is 14.1. The number of nitrogens with one attached hydrogen (secondary N) is 1. The van der Waals surface area contributed by atoms with E-state index in [0.29, 0.717) is 55.6 Å². The molecule has 0 aliphatic carbocycles. The zero-order valence-electron chi connectivity index (χ0n) is 22.3. The molecule has 0 unspecified atom stereocenters. The maximum atomic E-state index is 14.1. The summed E-state index contributed by atoms with van der Waals surface area (Å²) in [5.41, 5.74) is 1.38. The number of alkyl halides is 2. The van der Waals surface area contributed by atoms with Crippen LogP contribution in [0.5, 0.6) is 6.01 Å². The van der Waals surface area contributed by atoms with Gasteiger partial charge in [-0.25, -0.2) is 23.7 Å². The van der Waals surface area contributed by atoms with E-state index in [1.807, 2.05) is 4.90 Å². The lowest BCUT2D eigenvalue weighted by Gasteiger charge is -2.27. The summed E-state index contributed by atoms with van der Waals surface area (Å²) in [6.07, 6.45) is 1.13. The second kappa shape index (κ2) is 12.6. The molecule has 1 aromatic carbocycles. The van der Waals surface area contributed by atoms with E-state index in [2.05, 4.69) is 40.1 Å². The summed E-state index contributed by atoms with van der Waals surface area (Å²) in [6, 6.07) is 7.13. The van der Waals surface area contributed by atoms with E-state index in [1.54, 1.807) is 36.7 Å². The average Bonchev–Trinajstić information content (AvgIpc) is 3.41. The molecule has 0 amide bonds. The van der Waals surface area contributed by atoms with Gasteiger partial charge >= 0.3 is 6.01 Å². The standard InChI is InChI=1S/C26H30F2N10O3/c27-21(28)22-32-19-4-1-2-5-20(19)38(22)25-34-23(33-24(35-25)37-9-14-40-15-10-37)31-18-16-29-26(30-17-18)41-11-3-6-36-7-12-39-13-8-36/h1-2,4-5,16-17,21H,3,6-15H2,(H,31,33,34,35). The van der Waals surface area contributed by atoms with Gasteiger partial charge in [-0.15, -0.1) is 0 Å². The lowest BCUT2D eigenvalue weighted by molar-refractivity contribution is 0.0356. The minimum Gasteiger partial charge on any atom is -0.463 e. The second-order valence-electron chi connectivity index (χ2n) is 9.49. The number of nitrogens with zero attached hydrogens (tertiary/aromatic N) is 9. The fraction of sp³-hybridized carbons (Fsp3) is 0.462. The van der Waals surface area contributed by atoms with Crippen LogP contribution < -0.4 is 15.0 Å². The Morgan fingerprint density at radius 1 is 0.878 bits per heavy atom. The number of hydrogen-bond acceptors (Lipinski definition) is 12. The first-order valence-electron chi connectivity index (χ1n) is 13.5. The van der Waals surface area contributed by atoms with Gasteiger partial charge in [-0.3, -0.25) is 9.47 Å². The first-order valence-corrected chi connectivity index (χ1v) is 13.5. The van der Waals surface area contributed by atoms with Crippen LogP contribution in [0.15, 0.2) is 36.7 Å². The highest BCUT2D eigenvalue weighted by Gasteiger charge is 2.24. The van der Waals surface area contributed by atoms with Crippen LogP contribution in [-0.4, -0.2) is 105 Å². The van der Waals surface area contributed by atoms with Gasteiger partial charge in [0.15, 0.2) is 5.82 Å². The summed E-state index contributed by atoms with van der Waals surface area (Å²) < 4.78 is 45.9. The Kier molecular flexibility index (Phi) is 8.34. The molecule has 0 atom stereocenters. The molecular weight excluding hydrogens is 538 g/mol. The number of para-hydroxylation sites is 2. The van der Waals surface area contributed by atoms with Crippen molar-refractivity contribution < 1.29 is 23.0 Å². The minimum atomic E-state index is -2.84. The Labute approximate surface area is 234 Å². The zero-order chi connectivity index (χ0) is 28.0. The topological polar surface area (TPSA) is 128 Å². The van der Waals surface area contributed by atoms with Gasteiger partial charge in [-0.05, 0) is 18.6 Å². The first kappa shape index (κ1) is 27.1. The number of imidazole rings is 1. The Morgan fingerprint density at radius 2 is 1.59 bits per heavy atom. The van der Waals surface area contributed by atoms with Gasteiger partial charge in [-0.2, -0.15) is 15.0 Å². The highest BCUT2D eigenvalue weighted by atomic mass is 19.3. The summed E-state index contributed by atoms with van der Waals surface area (Å²) >= 11 is 0. The Bertz CT molecular complexity index is 1440. The van der Waals surface area contributed by atoms with Crippen LogP contribution in [0.4, 0.5) is 26.4 Å². The predicted octanol–water partition coefficient (Wildman–Crippen LogP) is 2.62. The molecule has 15 heteroatoms. The van der Waals surface area contributed by atoms with E-state index in [1.165, 1.54) is 4.57 Å². The molecule has 1 N–H and O–H groups in total. The van der Waals surface area contributed by atoms with Crippen molar-refractivity contribution >= 4 is 28.6 Å². The fourth-order valence-electron chi connectivity index (χ4n) is 4.68. The van der Waals surface area contributed by atoms with Gasteiger partial charge in [0, 0.05) is 32.7 Å². The number of aromatic nitrogens is 7. The summed E-state index contributed by atoms with van der Waals surface area (Å²) in [4.78, 5) is 30.6. The largest absolute Gasteiger partial charge is 0.463 e. The minimum absolute atomic E-state index is 0.0223. The van der Waals surface area contributed by atoms with Crippen molar-refractivity contribution in [2.24, 2.45) is 0 Å². The summed E-state index contributed by atoms with van der Waals surface area (Å²) in [6.45, 7) is 6.93. The van der Waals surface area contributed by atoms with E-state index < -0.39 is 12.2 Å². The third kappa shape index (κ3) is 6.47. The highest BCUT2D eigenvalue weighted by Crippen LogP contribution is 2.28. The third-order valence-electron chi connectivity index (χ3n) is 6.73. The Hall–Kier alpha value is -4.08. The molecule has 3 aromatic heterocycles. The molecular formula is C26H30F2N10O3. The van der Waals surface area contributed by atoms with Crippen molar-refractivity contribution in [1.82, 2.24) is 39.4 Å². The van der Waals surface area contributed by atoms with Crippen molar-refractivity contribution in [2.75, 3.05) is 76.0 Å². The molecule has 0 bridgehead atoms. The summed E-state index contributed by atoms with van der Waals surface area (Å²) in [5.74, 6) is 0.0565. The quantitative estimate of drug-likeness (QED) is 0.282. The second-order valence-corrected chi connectivity index (χ2v) is 9.49. The van der Waals surface area contributed by atoms with Crippen LogP contribution in [0.1, 0.15) is 18.7 Å². The predicted molar refractivity (Wildman–Crippen MR) is 145 cm³/mol. The van der Waals surface area contributed by atoms with Crippen LogP contribution in [-0.2, 0) is 9.47 Å². The Morgan fingerprint density at radius 3 is 2.34 bits per heavy atom. The number of fused-ring (bicyclic) bond motifs is 1. The molecule has 4 aromatic rings. The number of morpholine rings is 2. The van der Waals surface area contributed by atoms with E-state index in [4.69, 9.17) is 14.2 Å². The van der Waals surface area contributed by atoms with Crippen molar-refractivity contribution in [1.29, 1.82) is 0 Å². The van der Waals surface area contributed by atoms with E-state index >= 15 is 0 Å². The molecule has 0 saturated carbocycles. The molecule has 0 spiro atoms. The molecule has 0 radical (unpaired) electrons. The molecule has 2 aliphatic rings. The zero-order valence-corrected chi connectivity index (χ0v) is 22.3. The number of rotatable bonds is 10. The first-order chi connectivity index (χ1) is 20.1. The number of anilines is 3. The van der Waals surface area contributed by atoms with Crippen LogP contribution in [0.3, 0.4) is 0 Å². The van der Waals surface area contributed by atoms with Crippen molar-refractivity contribution in [2.45, 2.75) is 12.8 Å². The monoisotopic (exact) mass is 568 g/mol. The average molecular weight is 569 g/mol. The van der Waals surface area contributed by atoms with Gasteiger partial charge in [0.05, 0.1) is 62.1 Å². The van der Waals surface area contributed by atoms with E-state index in [9.17, 15) is 8.78 Å². The number of hydrogen-bond donors (Lipinski definition) is 1. The third-order valence-corrected chi connectivity index (χ3v) is 6.73. The van der Waals surface area contributed by atoms with Crippen LogP contribution in [0.25, 0.3) is 17.0 Å². The van der Waals surface area contributed by atoms with Crippen molar-refractivity contribution in [3.05, 3.63) is 42.5 Å². The lowest BCUT2D eigenvalue weighted by atomic mass is 10.3. The van der Waals surface area contributed by atoms with E-state index in [-0.39, 0.29) is 17.9 Å². The van der Waals surface area contributed by atoms with Gasteiger partial charge in [-0.1, -0.05) is 12.1 Å². The Balaban J connectivity index is 1.22. The molecule has 41 heavy (non-hydrogen) atoms.